The van der Waals surface area contributed by atoms with E-state index in [1.807, 2.05) is 32.0 Å². The van der Waals surface area contributed by atoms with E-state index in [-0.39, 0.29) is 24.4 Å². The van der Waals surface area contributed by atoms with Crippen LogP contribution in [0.1, 0.15) is 61.4 Å². The summed E-state index contributed by atoms with van der Waals surface area (Å²) in [5.41, 5.74) is 1.75. The van der Waals surface area contributed by atoms with Crippen LogP contribution in [0.5, 0.6) is 0 Å². The molecule has 1 unspecified atom stereocenters. The van der Waals surface area contributed by atoms with Crippen molar-refractivity contribution in [1.29, 1.82) is 0 Å². The van der Waals surface area contributed by atoms with E-state index in [4.69, 9.17) is 9.47 Å². The van der Waals surface area contributed by atoms with Gasteiger partial charge in [-0.25, -0.2) is 0 Å². The molecule has 4 nitrogen and oxygen atoms in total. The van der Waals surface area contributed by atoms with E-state index in [0.29, 0.717) is 24.9 Å². The van der Waals surface area contributed by atoms with Crippen molar-refractivity contribution >= 4 is 23.5 Å². The fourth-order valence-electron chi connectivity index (χ4n) is 3.89. The van der Waals surface area contributed by atoms with E-state index >= 15 is 0 Å². The lowest BCUT2D eigenvalue weighted by atomic mass is 9.76. The second-order valence-electron chi connectivity index (χ2n) is 7.17. The number of carbonyl (C=O) groups is 2. The largest absolute Gasteiger partial charge is 0.463 e. The first-order valence-corrected chi connectivity index (χ1v) is 10.7. The Bertz CT molecular complexity index is 657. The standard InChI is InChI=1S/C21H28O4S/c1-3-24-10-11-25-21(23)14(2)15-8-9-18-19(12-15)26-13-16-6-4-5-7-17(16)20(18)22/h8-9,12,14,16-17H,3-7,10-11,13H2,1-2H3/t14?,16-,17+/m0/s1. The van der Waals surface area contributed by atoms with Gasteiger partial charge in [0.05, 0.1) is 12.5 Å². The normalized spacial score (nSPS) is 23.5. The molecule has 142 valence electrons. The first-order chi connectivity index (χ1) is 12.6. The number of carbonyl (C=O) groups excluding carboxylic acids is 2. The lowest BCUT2D eigenvalue weighted by Gasteiger charge is -2.28. The molecule has 1 aliphatic carbocycles. The van der Waals surface area contributed by atoms with Crippen LogP contribution < -0.4 is 0 Å². The van der Waals surface area contributed by atoms with Gasteiger partial charge in [0, 0.05) is 28.7 Å². The number of ketones is 1. The summed E-state index contributed by atoms with van der Waals surface area (Å²) in [6.45, 7) is 5.08. The Morgan fingerprint density at radius 1 is 1.27 bits per heavy atom. The smallest absolute Gasteiger partial charge is 0.313 e. The number of hydrogen-bond donors (Lipinski definition) is 0. The van der Waals surface area contributed by atoms with Gasteiger partial charge in [0.25, 0.3) is 0 Å². The monoisotopic (exact) mass is 376 g/mol. The van der Waals surface area contributed by atoms with E-state index < -0.39 is 0 Å². The Morgan fingerprint density at radius 2 is 2.08 bits per heavy atom. The predicted molar refractivity (Wildman–Crippen MR) is 103 cm³/mol. The molecule has 26 heavy (non-hydrogen) atoms. The molecule has 1 fully saturated rings. The maximum Gasteiger partial charge on any atom is 0.313 e. The van der Waals surface area contributed by atoms with Crippen molar-refractivity contribution in [1.82, 2.24) is 0 Å². The third-order valence-corrected chi connectivity index (χ3v) is 6.74. The van der Waals surface area contributed by atoms with Gasteiger partial charge in [0.2, 0.25) is 0 Å². The molecule has 0 spiro atoms. The molecule has 1 aliphatic heterocycles. The lowest BCUT2D eigenvalue weighted by Crippen LogP contribution is -2.27. The van der Waals surface area contributed by atoms with Crippen molar-refractivity contribution in [2.45, 2.75) is 50.3 Å². The van der Waals surface area contributed by atoms with E-state index in [1.54, 1.807) is 11.8 Å². The van der Waals surface area contributed by atoms with Gasteiger partial charge >= 0.3 is 5.97 Å². The number of rotatable bonds is 6. The fraction of sp³-hybridized carbons (Fsp3) is 0.619. The van der Waals surface area contributed by atoms with Gasteiger partial charge in [-0.3, -0.25) is 9.59 Å². The molecule has 2 aliphatic rings. The molecule has 0 N–H and O–H groups in total. The molecule has 1 saturated carbocycles. The summed E-state index contributed by atoms with van der Waals surface area (Å²) < 4.78 is 10.5. The average molecular weight is 377 g/mol. The first-order valence-electron chi connectivity index (χ1n) is 9.67. The zero-order valence-corrected chi connectivity index (χ0v) is 16.5. The van der Waals surface area contributed by atoms with Crippen LogP contribution in [0.25, 0.3) is 0 Å². The molecule has 0 radical (unpaired) electrons. The van der Waals surface area contributed by atoms with Gasteiger partial charge in [-0.2, -0.15) is 0 Å². The van der Waals surface area contributed by atoms with Crippen LogP contribution in [0.3, 0.4) is 0 Å². The maximum absolute atomic E-state index is 13.0. The van der Waals surface area contributed by atoms with E-state index in [9.17, 15) is 9.59 Å². The third kappa shape index (κ3) is 4.32. The SMILES string of the molecule is CCOCCOC(=O)C(C)c1ccc2c(c1)SC[C@@H]1CCCC[C@H]1C2=O. The fourth-order valence-corrected chi connectivity index (χ4v) is 5.22. The Morgan fingerprint density at radius 3 is 2.88 bits per heavy atom. The number of benzene rings is 1. The number of fused-ring (bicyclic) bond motifs is 2. The molecule has 5 heteroatoms. The van der Waals surface area contributed by atoms with Crippen LogP contribution in [0.15, 0.2) is 23.1 Å². The van der Waals surface area contributed by atoms with E-state index in [2.05, 4.69) is 0 Å². The Hall–Kier alpha value is -1.33. The van der Waals surface area contributed by atoms with E-state index in [0.717, 1.165) is 41.0 Å². The Balaban J connectivity index is 1.71. The van der Waals surface area contributed by atoms with Crippen molar-refractivity contribution in [2.75, 3.05) is 25.6 Å². The highest BCUT2D eigenvalue weighted by Gasteiger charge is 2.35. The topological polar surface area (TPSA) is 52.6 Å². The van der Waals surface area contributed by atoms with Crippen LogP contribution in [-0.2, 0) is 14.3 Å². The summed E-state index contributed by atoms with van der Waals surface area (Å²) >= 11 is 1.77. The highest BCUT2D eigenvalue weighted by Crippen LogP contribution is 2.42. The van der Waals surface area contributed by atoms with Crippen LogP contribution in [0.2, 0.25) is 0 Å². The van der Waals surface area contributed by atoms with Crippen LogP contribution in [0.4, 0.5) is 0 Å². The van der Waals surface area contributed by atoms with Crippen LogP contribution >= 0.6 is 11.8 Å². The minimum absolute atomic E-state index is 0.185. The van der Waals surface area contributed by atoms with Crippen molar-refractivity contribution < 1.29 is 19.1 Å². The molecular weight excluding hydrogens is 348 g/mol. The number of thioether (sulfide) groups is 1. The van der Waals surface area contributed by atoms with Crippen molar-refractivity contribution in [3.05, 3.63) is 29.3 Å². The molecule has 3 rings (SSSR count). The zero-order chi connectivity index (χ0) is 18.5. The summed E-state index contributed by atoms with van der Waals surface area (Å²) in [5, 5.41) is 0. The number of esters is 1. The summed E-state index contributed by atoms with van der Waals surface area (Å²) in [4.78, 5) is 26.3. The van der Waals surface area contributed by atoms with Gasteiger partial charge in [-0.1, -0.05) is 18.9 Å². The maximum atomic E-state index is 13.0. The third-order valence-electron chi connectivity index (χ3n) is 5.50. The highest BCUT2D eigenvalue weighted by atomic mass is 32.2. The minimum atomic E-state index is -0.344. The highest BCUT2D eigenvalue weighted by molar-refractivity contribution is 7.99. The van der Waals surface area contributed by atoms with Gasteiger partial charge in [-0.05, 0) is 50.3 Å². The number of ether oxygens (including phenoxy) is 2. The summed E-state index contributed by atoms with van der Waals surface area (Å²) in [7, 11) is 0. The molecule has 1 aromatic carbocycles. The first kappa shape index (κ1) is 19.4. The average Bonchev–Trinajstić information content (AvgIpc) is 2.81. The molecule has 0 saturated heterocycles. The lowest BCUT2D eigenvalue weighted by molar-refractivity contribution is -0.146. The number of Topliss-reactive ketones (excluding diaryl/α,β-unsaturated/α-hetero) is 1. The Kier molecular flexibility index (Phi) is 6.76. The summed E-state index contributed by atoms with van der Waals surface area (Å²) in [5.74, 6) is 1.39. The minimum Gasteiger partial charge on any atom is -0.463 e. The van der Waals surface area contributed by atoms with E-state index in [1.165, 1.54) is 6.42 Å². The van der Waals surface area contributed by atoms with Gasteiger partial charge < -0.3 is 9.47 Å². The van der Waals surface area contributed by atoms with Crippen molar-refractivity contribution in [3.63, 3.8) is 0 Å². The molecule has 3 atom stereocenters. The molecular formula is C21H28O4S. The van der Waals surface area contributed by atoms with Crippen LogP contribution in [-0.4, -0.2) is 37.3 Å². The quantitative estimate of drug-likeness (QED) is 0.542. The van der Waals surface area contributed by atoms with Crippen molar-refractivity contribution in [2.24, 2.45) is 11.8 Å². The zero-order valence-electron chi connectivity index (χ0n) is 15.7. The molecule has 0 amide bonds. The van der Waals surface area contributed by atoms with Gasteiger partial charge in [0.15, 0.2) is 5.78 Å². The van der Waals surface area contributed by atoms with Gasteiger partial charge in [0.1, 0.15) is 6.61 Å². The second kappa shape index (κ2) is 9.05. The second-order valence-corrected chi connectivity index (χ2v) is 8.23. The predicted octanol–water partition coefficient (Wildman–Crippen LogP) is 4.46. The van der Waals surface area contributed by atoms with Gasteiger partial charge in [-0.15, -0.1) is 11.8 Å². The molecule has 0 aromatic heterocycles. The molecule has 1 aromatic rings. The molecule has 0 bridgehead atoms. The Labute approximate surface area is 160 Å². The summed E-state index contributed by atoms with van der Waals surface area (Å²) in [6, 6.07) is 5.85. The number of hydrogen-bond acceptors (Lipinski definition) is 5. The van der Waals surface area contributed by atoms with Crippen LogP contribution in [0, 0.1) is 11.8 Å². The molecule has 1 heterocycles. The van der Waals surface area contributed by atoms with Crippen molar-refractivity contribution in [3.8, 4) is 0 Å². The summed E-state index contributed by atoms with van der Waals surface area (Å²) in [6.07, 6.45) is 4.58.